The lowest BCUT2D eigenvalue weighted by molar-refractivity contribution is 0.125. The van der Waals surface area contributed by atoms with Gasteiger partial charge >= 0.3 is 0 Å². The van der Waals surface area contributed by atoms with E-state index in [4.69, 9.17) is 9.47 Å². The molecule has 4 nitrogen and oxygen atoms in total. The lowest BCUT2D eigenvalue weighted by Crippen LogP contribution is -2.30. The van der Waals surface area contributed by atoms with Gasteiger partial charge in [0.05, 0.1) is 19.9 Å². The van der Waals surface area contributed by atoms with E-state index in [0.717, 1.165) is 37.7 Å². The molecule has 0 aromatic heterocycles. The number of rotatable bonds is 8. The zero-order chi connectivity index (χ0) is 21.6. The van der Waals surface area contributed by atoms with Crippen LogP contribution in [-0.4, -0.2) is 36.6 Å². The highest BCUT2D eigenvalue weighted by Gasteiger charge is 2.33. The van der Waals surface area contributed by atoms with E-state index in [1.54, 1.807) is 7.11 Å². The van der Waals surface area contributed by atoms with Crippen LogP contribution in [0.1, 0.15) is 35.3 Å². The van der Waals surface area contributed by atoms with Gasteiger partial charge in [-0.25, -0.2) is 0 Å². The van der Waals surface area contributed by atoms with E-state index >= 15 is 0 Å². The zero-order valence-corrected chi connectivity index (χ0v) is 18.8. The van der Waals surface area contributed by atoms with Crippen molar-refractivity contribution in [3.05, 3.63) is 95.1 Å². The fraction of sp³-hybridized carbons (Fsp3) is 0.333. The van der Waals surface area contributed by atoms with Gasteiger partial charge in [-0.1, -0.05) is 54.1 Å². The summed E-state index contributed by atoms with van der Waals surface area (Å²) in [6, 6.07) is 25.9. The first-order valence-electron chi connectivity index (χ1n) is 11.1. The summed E-state index contributed by atoms with van der Waals surface area (Å²) in [6.45, 7) is 8.80. The van der Waals surface area contributed by atoms with Gasteiger partial charge in [0.1, 0.15) is 11.5 Å². The second kappa shape index (κ2) is 9.99. The van der Waals surface area contributed by atoms with Crippen molar-refractivity contribution in [2.75, 3.05) is 26.8 Å². The van der Waals surface area contributed by atoms with Crippen molar-refractivity contribution in [2.45, 2.75) is 33.1 Å². The fourth-order valence-electron chi connectivity index (χ4n) is 4.40. The minimum absolute atomic E-state index is 0.234. The van der Waals surface area contributed by atoms with Crippen molar-refractivity contribution >= 4 is 0 Å². The molecule has 0 bridgehead atoms. The molecule has 1 heterocycles. The average Bonchev–Trinajstić information content (AvgIpc) is 3.17. The standard InChI is InChI=1S/C27H32N2O2/c1-4-31-26-12-8-22(9-13-26)19-28-16-17-29(20-23-7-5-6-21(2)18-23)27(28)24-10-14-25(30-3)15-11-24/h5-15,18,27H,4,16-17,19-20H2,1-3H3/t27-/m0/s1. The van der Waals surface area contributed by atoms with Gasteiger partial charge in [0.15, 0.2) is 0 Å². The summed E-state index contributed by atoms with van der Waals surface area (Å²) in [4.78, 5) is 5.14. The number of aryl methyl sites for hydroxylation is 1. The Bertz CT molecular complexity index is 969. The average molecular weight is 417 g/mol. The molecule has 0 saturated carbocycles. The Balaban J connectivity index is 1.57. The van der Waals surface area contributed by atoms with E-state index in [1.807, 2.05) is 6.92 Å². The highest BCUT2D eigenvalue weighted by molar-refractivity contribution is 5.31. The molecule has 0 radical (unpaired) electrons. The first-order chi connectivity index (χ1) is 15.2. The first-order valence-corrected chi connectivity index (χ1v) is 11.1. The Labute approximate surface area is 186 Å². The second-order valence-corrected chi connectivity index (χ2v) is 8.15. The summed E-state index contributed by atoms with van der Waals surface area (Å²) in [5.41, 5.74) is 5.28. The predicted octanol–water partition coefficient (Wildman–Crippen LogP) is 5.42. The van der Waals surface area contributed by atoms with Crippen molar-refractivity contribution in [3.8, 4) is 11.5 Å². The molecular weight excluding hydrogens is 384 g/mol. The molecular formula is C27H32N2O2. The molecule has 0 aliphatic carbocycles. The van der Waals surface area contributed by atoms with Crippen LogP contribution in [0.5, 0.6) is 11.5 Å². The van der Waals surface area contributed by atoms with Gasteiger partial charge in [0.25, 0.3) is 0 Å². The highest BCUT2D eigenvalue weighted by atomic mass is 16.5. The van der Waals surface area contributed by atoms with Gasteiger partial charge in [-0.3, -0.25) is 9.80 Å². The number of methoxy groups -OCH3 is 1. The Hall–Kier alpha value is -2.82. The largest absolute Gasteiger partial charge is 0.497 e. The maximum atomic E-state index is 5.60. The molecule has 1 aliphatic rings. The van der Waals surface area contributed by atoms with E-state index in [0.29, 0.717) is 6.61 Å². The lowest BCUT2D eigenvalue weighted by Gasteiger charge is -2.31. The van der Waals surface area contributed by atoms with Crippen molar-refractivity contribution in [1.29, 1.82) is 0 Å². The Morgan fingerprint density at radius 3 is 2.06 bits per heavy atom. The molecule has 3 aromatic rings. The van der Waals surface area contributed by atoms with Crippen LogP contribution in [0.25, 0.3) is 0 Å². The molecule has 4 heteroatoms. The molecule has 4 rings (SSSR count). The lowest BCUT2D eigenvalue weighted by atomic mass is 10.1. The third-order valence-electron chi connectivity index (χ3n) is 5.87. The smallest absolute Gasteiger partial charge is 0.119 e. The van der Waals surface area contributed by atoms with Gasteiger partial charge in [-0.05, 0) is 54.8 Å². The van der Waals surface area contributed by atoms with Gasteiger partial charge in [0, 0.05) is 26.2 Å². The summed E-state index contributed by atoms with van der Waals surface area (Å²) in [6.07, 6.45) is 0.234. The third-order valence-corrected chi connectivity index (χ3v) is 5.87. The van der Waals surface area contributed by atoms with Crippen LogP contribution in [0.15, 0.2) is 72.8 Å². The molecule has 1 fully saturated rings. The van der Waals surface area contributed by atoms with Crippen LogP contribution in [0.3, 0.4) is 0 Å². The minimum Gasteiger partial charge on any atom is -0.497 e. The van der Waals surface area contributed by atoms with Gasteiger partial charge in [0.2, 0.25) is 0 Å². The van der Waals surface area contributed by atoms with Crippen molar-refractivity contribution in [2.24, 2.45) is 0 Å². The monoisotopic (exact) mass is 416 g/mol. The summed E-state index contributed by atoms with van der Waals surface area (Å²) in [7, 11) is 1.72. The van der Waals surface area contributed by atoms with E-state index < -0.39 is 0 Å². The molecule has 0 unspecified atom stereocenters. The van der Waals surface area contributed by atoms with Crippen LogP contribution in [-0.2, 0) is 13.1 Å². The topological polar surface area (TPSA) is 24.9 Å². The van der Waals surface area contributed by atoms with Crippen molar-refractivity contribution < 1.29 is 9.47 Å². The molecule has 1 aliphatic heterocycles. The van der Waals surface area contributed by atoms with Crippen LogP contribution in [0.4, 0.5) is 0 Å². The van der Waals surface area contributed by atoms with Crippen molar-refractivity contribution in [1.82, 2.24) is 9.80 Å². The SMILES string of the molecule is CCOc1ccc(CN2CCN(Cc3cccc(C)c3)[C@H]2c2ccc(OC)cc2)cc1. The molecule has 1 saturated heterocycles. The predicted molar refractivity (Wildman–Crippen MR) is 125 cm³/mol. The molecule has 3 aromatic carbocycles. The fourth-order valence-corrected chi connectivity index (χ4v) is 4.40. The summed E-state index contributed by atoms with van der Waals surface area (Å²) < 4.78 is 11.0. The Morgan fingerprint density at radius 1 is 0.806 bits per heavy atom. The molecule has 162 valence electrons. The molecule has 31 heavy (non-hydrogen) atoms. The van der Waals surface area contributed by atoms with E-state index in [-0.39, 0.29) is 6.17 Å². The van der Waals surface area contributed by atoms with Gasteiger partial charge in [-0.2, -0.15) is 0 Å². The quantitative estimate of drug-likeness (QED) is 0.490. The summed E-state index contributed by atoms with van der Waals surface area (Å²) in [5, 5.41) is 0. The molecule has 1 atom stereocenters. The first kappa shape index (κ1) is 21.4. The van der Waals surface area contributed by atoms with E-state index in [2.05, 4.69) is 89.5 Å². The highest BCUT2D eigenvalue weighted by Crippen LogP contribution is 2.34. The Kier molecular flexibility index (Phi) is 6.90. The normalized spacial score (nSPS) is 17.1. The number of hydrogen-bond donors (Lipinski definition) is 0. The minimum atomic E-state index is 0.234. The number of nitrogens with zero attached hydrogens (tertiary/aromatic N) is 2. The van der Waals surface area contributed by atoms with Crippen LogP contribution < -0.4 is 9.47 Å². The third kappa shape index (κ3) is 5.27. The van der Waals surface area contributed by atoms with Gasteiger partial charge in [-0.15, -0.1) is 0 Å². The van der Waals surface area contributed by atoms with Crippen LogP contribution >= 0.6 is 0 Å². The summed E-state index contributed by atoms with van der Waals surface area (Å²) >= 11 is 0. The van der Waals surface area contributed by atoms with E-state index in [1.165, 1.54) is 22.3 Å². The summed E-state index contributed by atoms with van der Waals surface area (Å²) in [5.74, 6) is 1.82. The zero-order valence-electron chi connectivity index (χ0n) is 18.8. The maximum absolute atomic E-state index is 5.60. The van der Waals surface area contributed by atoms with Crippen molar-refractivity contribution in [3.63, 3.8) is 0 Å². The Morgan fingerprint density at radius 2 is 1.45 bits per heavy atom. The molecule has 0 N–H and O–H groups in total. The van der Waals surface area contributed by atoms with Crippen LogP contribution in [0.2, 0.25) is 0 Å². The number of benzene rings is 3. The van der Waals surface area contributed by atoms with E-state index in [9.17, 15) is 0 Å². The molecule has 0 spiro atoms. The molecule has 0 amide bonds. The second-order valence-electron chi connectivity index (χ2n) is 8.15. The maximum Gasteiger partial charge on any atom is 0.119 e. The number of hydrogen-bond acceptors (Lipinski definition) is 4. The number of ether oxygens (including phenoxy) is 2. The van der Waals surface area contributed by atoms with Crippen LogP contribution in [0, 0.1) is 6.92 Å². The van der Waals surface area contributed by atoms with Gasteiger partial charge < -0.3 is 9.47 Å².